The largest absolute Gasteiger partial charge is 0.327 e. The summed E-state index contributed by atoms with van der Waals surface area (Å²) in [6.45, 7) is 9.85. The van der Waals surface area contributed by atoms with E-state index in [1.165, 1.54) is 10.7 Å². The van der Waals surface area contributed by atoms with E-state index < -0.39 is 0 Å². The van der Waals surface area contributed by atoms with Crippen LogP contribution in [0.3, 0.4) is 0 Å². The van der Waals surface area contributed by atoms with E-state index in [1.54, 1.807) is 11.3 Å². The number of piperidine rings is 1. The number of nitrogens with two attached hydrogens (primary N) is 1. The zero-order valence-electron chi connectivity index (χ0n) is 11.5. The Hall–Kier alpha value is -0.160. The summed E-state index contributed by atoms with van der Waals surface area (Å²) < 4.78 is 0. The molecule has 1 aromatic rings. The first-order valence-corrected chi connectivity index (χ1v) is 7.30. The highest BCUT2D eigenvalue weighted by atomic mass is 35.5. The topological polar surface area (TPSA) is 42.2 Å². The van der Waals surface area contributed by atoms with Gasteiger partial charge in [-0.05, 0) is 18.3 Å². The lowest BCUT2D eigenvalue weighted by Gasteiger charge is -2.42. The first-order chi connectivity index (χ1) is 8.01. The molecule has 0 bridgehead atoms. The number of nitrogens with zero attached hydrogens (tertiary/aromatic N) is 2. The van der Waals surface area contributed by atoms with Crippen molar-refractivity contribution in [2.24, 2.45) is 11.1 Å². The molecule has 104 valence electrons. The van der Waals surface area contributed by atoms with Gasteiger partial charge in [-0.1, -0.05) is 20.8 Å². The highest BCUT2D eigenvalue weighted by Gasteiger charge is 2.33. The van der Waals surface area contributed by atoms with Crippen LogP contribution in [0.15, 0.2) is 5.38 Å². The molecule has 1 aliphatic heterocycles. The van der Waals surface area contributed by atoms with Crippen molar-refractivity contribution in [3.63, 3.8) is 0 Å². The third-order valence-corrected chi connectivity index (χ3v) is 4.72. The van der Waals surface area contributed by atoms with E-state index in [0.29, 0.717) is 6.04 Å². The van der Waals surface area contributed by atoms with E-state index >= 15 is 0 Å². The number of hydrogen-bond donors (Lipinski definition) is 1. The molecule has 1 saturated heterocycles. The Labute approximate surface area is 120 Å². The van der Waals surface area contributed by atoms with E-state index in [-0.39, 0.29) is 17.8 Å². The maximum absolute atomic E-state index is 6.15. The molecule has 0 aliphatic carbocycles. The van der Waals surface area contributed by atoms with Crippen molar-refractivity contribution < 1.29 is 0 Å². The second kappa shape index (κ2) is 6.33. The predicted molar refractivity (Wildman–Crippen MR) is 80.4 cm³/mol. The van der Waals surface area contributed by atoms with Crippen LogP contribution in [0, 0.1) is 5.41 Å². The van der Waals surface area contributed by atoms with E-state index in [4.69, 9.17) is 5.73 Å². The summed E-state index contributed by atoms with van der Waals surface area (Å²) >= 11 is 1.78. The van der Waals surface area contributed by atoms with Crippen molar-refractivity contribution in [3.8, 4) is 0 Å². The van der Waals surface area contributed by atoms with Gasteiger partial charge in [0.25, 0.3) is 0 Å². The number of aryl methyl sites for hydroxylation is 1. The minimum absolute atomic E-state index is 0. The molecular weight excluding hydrogens is 266 g/mol. The first-order valence-electron chi connectivity index (χ1n) is 6.42. The molecule has 0 amide bonds. The van der Waals surface area contributed by atoms with Crippen LogP contribution >= 0.6 is 23.7 Å². The fourth-order valence-electron chi connectivity index (χ4n) is 2.43. The Bertz CT molecular complexity index is 378. The molecule has 2 heterocycles. The standard InChI is InChI=1S/C13H23N3S.ClH/c1-4-12-15-10(8-17-12)7-16-6-5-11(14)13(2,3)9-16;/h8,11H,4-7,9,14H2,1-3H3;1H. The van der Waals surface area contributed by atoms with E-state index in [0.717, 1.165) is 32.5 Å². The van der Waals surface area contributed by atoms with Gasteiger partial charge in [0.15, 0.2) is 0 Å². The number of hydrogen-bond acceptors (Lipinski definition) is 4. The normalized spacial score (nSPS) is 23.7. The van der Waals surface area contributed by atoms with Gasteiger partial charge in [-0.25, -0.2) is 4.98 Å². The monoisotopic (exact) mass is 289 g/mol. The number of likely N-dealkylation sites (tertiary alicyclic amines) is 1. The zero-order valence-corrected chi connectivity index (χ0v) is 13.1. The number of halogens is 1. The summed E-state index contributed by atoms with van der Waals surface area (Å²) in [5.74, 6) is 0. The zero-order chi connectivity index (χ0) is 12.5. The summed E-state index contributed by atoms with van der Waals surface area (Å²) in [6, 6.07) is 0.334. The van der Waals surface area contributed by atoms with Gasteiger partial charge >= 0.3 is 0 Å². The molecule has 0 radical (unpaired) electrons. The quantitative estimate of drug-likeness (QED) is 0.930. The molecule has 0 saturated carbocycles. The van der Waals surface area contributed by atoms with Crippen molar-refractivity contribution in [2.45, 2.75) is 46.2 Å². The Morgan fingerprint density at radius 1 is 1.56 bits per heavy atom. The molecule has 18 heavy (non-hydrogen) atoms. The van der Waals surface area contributed by atoms with Crippen LogP contribution in [-0.2, 0) is 13.0 Å². The Morgan fingerprint density at radius 3 is 2.83 bits per heavy atom. The summed E-state index contributed by atoms with van der Waals surface area (Å²) in [4.78, 5) is 7.12. The van der Waals surface area contributed by atoms with Crippen LogP contribution < -0.4 is 5.73 Å². The predicted octanol–water partition coefficient (Wildman–Crippen LogP) is 2.69. The maximum atomic E-state index is 6.15. The summed E-state index contributed by atoms with van der Waals surface area (Å²) in [5.41, 5.74) is 7.60. The van der Waals surface area contributed by atoms with Crippen molar-refractivity contribution >= 4 is 23.7 Å². The molecule has 0 aromatic carbocycles. The van der Waals surface area contributed by atoms with Gasteiger partial charge in [-0.2, -0.15) is 0 Å². The third kappa shape index (κ3) is 3.67. The Balaban J connectivity index is 0.00000162. The minimum atomic E-state index is 0. The SMILES string of the molecule is CCc1nc(CN2CCC(N)C(C)(C)C2)cs1.Cl. The average molecular weight is 290 g/mol. The number of aromatic nitrogens is 1. The lowest BCUT2D eigenvalue weighted by atomic mass is 9.80. The van der Waals surface area contributed by atoms with Crippen LogP contribution in [0.1, 0.15) is 37.9 Å². The number of rotatable bonds is 3. The summed E-state index contributed by atoms with van der Waals surface area (Å²) in [5, 5.41) is 3.44. The van der Waals surface area contributed by atoms with Crippen LogP contribution in [0.25, 0.3) is 0 Å². The lowest BCUT2D eigenvalue weighted by Crippen LogP contribution is -2.52. The van der Waals surface area contributed by atoms with Gasteiger partial charge in [0.2, 0.25) is 0 Å². The van der Waals surface area contributed by atoms with E-state index in [2.05, 4.69) is 36.0 Å². The molecule has 1 aliphatic rings. The molecule has 3 nitrogen and oxygen atoms in total. The third-order valence-electron chi connectivity index (χ3n) is 3.68. The molecule has 2 rings (SSSR count). The molecule has 1 fully saturated rings. The molecular formula is C13H24ClN3S. The van der Waals surface area contributed by atoms with Gasteiger partial charge in [-0.3, -0.25) is 4.90 Å². The second-order valence-corrected chi connectivity index (χ2v) is 6.62. The highest BCUT2D eigenvalue weighted by Crippen LogP contribution is 2.28. The van der Waals surface area contributed by atoms with Gasteiger partial charge in [0, 0.05) is 31.1 Å². The molecule has 5 heteroatoms. The second-order valence-electron chi connectivity index (χ2n) is 5.68. The fraction of sp³-hybridized carbons (Fsp3) is 0.769. The lowest BCUT2D eigenvalue weighted by molar-refractivity contribution is 0.0890. The van der Waals surface area contributed by atoms with Crippen LogP contribution in [0.5, 0.6) is 0 Å². The van der Waals surface area contributed by atoms with Gasteiger partial charge < -0.3 is 5.73 Å². The summed E-state index contributed by atoms with van der Waals surface area (Å²) in [7, 11) is 0. The van der Waals surface area contributed by atoms with Crippen molar-refractivity contribution in [2.75, 3.05) is 13.1 Å². The van der Waals surface area contributed by atoms with E-state index in [1.807, 2.05) is 0 Å². The van der Waals surface area contributed by atoms with Crippen molar-refractivity contribution in [1.82, 2.24) is 9.88 Å². The number of thiazole rings is 1. The van der Waals surface area contributed by atoms with Gasteiger partial charge in [-0.15, -0.1) is 23.7 Å². The van der Waals surface area contributed by atoms with Gasteiger partial charge in [0.1, 0.15) is 0 Å². The van der Waals surface area contributed by atoms with Crippen LogP contribution in [-0.4, -0.2) is 29.0 Å². The average Bonchev–Trinajstić information content (AvgIpc) is 2.71. The van der Waals surface area contributed by atoms with Crippen molar-refractivity contribution in [1.29, 1.82) is 0 Å². The van der Waals surface area contributed by atoms with Crippen LogP contribution in [0.2, 0.25) is 0 Å². The van der Waals surface area contributed by atoms with Crippen molar-refractivity contribution in [3.05, 3.63) is 16.1 Å². The first kappa shape index (κ1) is 15.9. The minimum Gasteiger partial charge on any atom is -0.327 e. The Kier molecular flexibility index (Phi) is 5.59. The summed E-state index contributed by atoms with van der Waals surface area (Å²) in [6.07, 6.45) is 2.14. The molecule has 1 atom stereocenters. The molecule has 1 unspecified atom stereocenters. The molecule has 0 spiro atoms. The smallest absolute Gasteiger partial charge is 0.0926 e. The Morgan fingerprint density at radius 2 is 2.28 bits per heavy atom. The van der Waals surface area contributed by atoms with Gasteiger partial charge in [0.05, 0.1) is 10.7 Å². The molecule has 2 N–H and O–H groups in total. The molecule has 1 aromatic heterocycles. The van der Waals surface area contributed by atoms with E-state index in [9.17, 15) is 0 Å². The highest BCUT2D eigenvalue weighted by molar-refractivity contribution is 7.09. The maximum Gasteiger partial charge on any atom is 0.0926 e. The van der Waals surface area contributed by atoms with Crippen LogP contribution in [0.4, 0.5) is 0 Å². The fourth-order valence-corrected chi connectivity index (χ4v) is 3.17.